The summed E-state index contributed by atoms with van der Waals surface area (Å²) in [7, 11) is 0. The van der Waals surface area contributed by atoms with E-state index in [4.69, 9.17) is 14.2 Å². The summed E-state index contributed by atoms with van der Waals surface area (Å²) < 4.78 is 28.5. The molecule has 0 saturated heterocycles. The second kappa shape index (κ2) is 7.86. The first-order valence-corrected chi connectivity index (χ1v) is 8.11. The maximum atomic E-state index is 12.9. The maximum absolute atomic E-state index is 12.9. The minimum Gasteiger partial charge on any atom is -0.454 e. The highest BCUT2D eigenvalue weighted by molar-refractivity contribution is 5.83. The van der Waals surface area contributed by atoms with Crippen LogP contribution in [0.25, 0.3) is 0 Å². The number of halogens is 1. The number of ether oxygens (including phenoxy) is 3. The standard InChI is InChI=1S/C19H18FNO5/c1-12(26-18(22)9-13-2-5-15(20)6-3-13)19(23)21-10-14-4-7-16-17(8-14)25-11-24-16/h2-8,12H,9-11H2,1H3,(H,21,23)/t12-/m1/s1. The van der Waals surface area contributed by atoms with Crippen LogP contribution in [0.15, 0.2) is 42.5 Å². The SMILES string of the molecule is C[C@@H](OC(=O)Cc1ccc(F)cc1)C(=O)NCc1ccc2c(c1)OCO2. The predicted molar refractivity (Wildman–Crippen MR) is 90.1 cm³/mol. The van der Waals surface area contributed by atoms with Gasteiger partial charge in [0, 0.05) is 6.54 Å². The van der Waals surface area contributed by atoms with Gasteiger partial charge in [0.05, 0.1) is 6.42 Å². The highest BCUT2D eigenvalue weighted by Gasteiger charge is 2.18. The second-order valence-corrected chi connectivity index (χ2v) is 5.84. The number of benzene rings is 2. The number of hydrogen-bond donors (Lipinski definition) is 1. The van der Waals surface area contributed by atoms with Gasteiger partial charge in [-0.25, -0.2) is 4.39 Å². The molecule has 1 N–H and O–H groups in total. The Bertz CT molecular complexity index is 806. The van der Waals surface area contributed by atoms with E-state index in [2.05, 4.69) is 5.32 Å². The molecule has 1 atom stereocenters. The van der Waals surface area contributed by atoms with Gasteiger partial charge in [-0.05, 0) is 42.3 Å². The van der Waals surface area contributed by atoms with Gasteiger partial charge in [0.2, 0.25) is 6.79 Å². The molecule has 0 aromatic heterocycles. The van der Waals surface area contributed by atoms with E-state index in [1.165, 1.54) is 31.2 Å². The molecule has 0 unspecified atom stereocenters. The van der Waals surface area contributed by atoms with E-state index in [-0.39, 0.29) is 25.6 Å². The van der Waals surface area contributed by atoms with Crippen LogP contribution in [0, 0.1) is 5.82 Å². The van der Waals surface area contributed by atoms with Gasteiger partial charge in [-0.1, -0.05) is 18.2 Å². The summed E-state index contributed by atoms with van der Waals surface area (Å²) in [5.74, 6) is -0.0328. The molecule has 0 fully saturated rings. The normalized spacial score (nSPS) is 13.2. The van der Waals surface area contributed by atoms with E-state index < -0.39 is 18.0 Å². The molecule has 0 aliphatic carbocycles. The number of fused-ring (bicyclic) bond motifs is 1. The number of rotatable bonds is 6. The summed E-state index contributed by atoms with van der Waals surface area (Å²) in [5, 5.41) is 2.70. The molecule has 1 amide bonds. The maximum Gasteiger partial charge on any atom is 0.311 e. The summed E-state index contributed by atoms with van der Waals surface area (Å²) in [6, 6.07) is 10.9. The summed E-state index contributed by atoms with van der Waals surface area (Å²) in [4.78, 5) is 24.0. The Morgan fingerprint density at radius 2 is 1.81 bits per heavy atom. The highest BCUT2D eigenvalue weighted by atomic mass is 19.1. The van der Waals surface area contributed by atoms with Gasteiger partial charge < -0.3 is 19.5 Å². The number of amides is 1. The highest BCUT2D eigenvalue weighted by Crippen LogP contribution is 2.32. The molecular formula is C19H18FNO5. The number of esters is 1. The number of hydrogen-bond acceptors (Lipinski definition) is 5. The predicted octanol–water partition coefficient (Wildman–Crippen LogP) is 2.35. The molecule has 6 nitrogen and oxygen atoms in total. The van der Waals surface area contributed by atoms with Crippen molar-refractivity contribution >= 4 is 11.9 Å². The van der Waals surface area contributed by atoms with Crippen molar-refractivity contribution in [3.05, 3.63) is 59.4 Å². The zero-order chi connectivity index (χ0) is 18.5. The molecule has 0 bridgehead atoms. The Morgan fingerprint density at radius 1 is 1.12 bits per heavy atom. The second-order valence-electron chi connectivity index (χ2n) is 5.84. The van der Waals surface area contributed by atoms with E-state index in [1.54, 1.807) is 12.1 Å². The molecule has 2 aromatic carbocycles. The molecule has 3 rings (SSSR count). The lowest BCUT2D eigenvalue weighted by atomic mass is 10.1. The first-order chi connectivity index (χ1) is 12.5. The fourth-order valence-corrected chi connectivity index (χ4v) is 2.45. The van der Waals surface area contributed by atoms with E-state index in [0.717, 1.165) is 5.56 Å². The smallest absolute Gasteiger partial charge is 0.311 e. The molecule has 1 aliphatic rings. The van der Waals surface area contributed by atoms with Crippen LogP contribution >= 0.6 is 0 Å². The van der Waals surface area contributed by atoms with E-state index >= 15 is 0 Å². The summed E-state index contributed by atoms with van der Waals surface area (Å²) in [6.07, 6.45) is -0.961. The summed E-state index contributed by atoms with van der Waals surface area (Å²) in [6.45, 7) is 1.96. The van der Waals surface area contributed by atoms with Crippen molar-refractivity contribution in [1.29, 1.82) is 0 Å². The largest absolute Gasteiger partial charge is 0.454 e. The van der Waals surface area contributed by atoms with E-state index in [1.807, 2.05) is 6.07 Å². The minimum atomic E-state index is -0.933. The van der Waals surface area contributed by atoms with Crippen molar-refractivity contribution < 1.29 is 28.2 Å². The van der Waals surface area contributed by atoms with Gasteiger partial charge in [-0.3, -0.25) is 9.59 Å². The number of carbonyl (C=O) groups excluding carboxylic acids is 2. The van der Waals surface area contributed by atoms with Crippen molar-refractivity contribution in [3.8, 4) is 11.5 Å². The average Bonchev–Trinajstić information content (AvgIpc) is 3.09. The van der Waals surface area contributed by atoms with Crippen LogP contribution in [0.3, 0.4) is 0 Å². The van der Waals surface area contributed by atoms with Crippen molar-refractivity contribution in [3.63, 3.8) is 0 Å². The van der Waals surface area contributed by atoms with Gasteiger partial charge in [0.1, 0.15) is 5.82 Å². The molecule has 1 heterocycles. The van der Waals surface area contributed by atoms with Crippen molar-refractivity contribution in [1.82, 2.24) is 5.32 Å². The van der Waals surface area contributed by atoms with Crippen LogP contribution < -0.4 is 14.8 Å². The third-order valence-electron chi connectivity index (χ3n) is 3.84. The van der Waals surface area contributed by atoms with Crippen LogP contribution in [0.2, 0.25) is 0 Å². The van der Waals surface area contributed by atoms with Crippen molar-refractivity contribution in [2.24, 2.45) is 0 Å². The van der Waals surface area contributed by atoms with Crippen LogP contribution in [0.1, 0.15) is 18.1 Å². The van der Waals surface area contributed by atoms with Crippen LogP contribution in [0.5, 0.6) is 11.5 Å². The minimum absolute atomic E-state index is 0.0277. The monoisotopic (exact) mass is 359 g/mol. The van der Waals surface area contributed by atoms with Gasteiger partial charge in [0.15, 0.2) is 17.6 Å². The quantitative estimate of drug-likeness (QED) is 0.802. The van der Waals surface area contributed by atoms with Gasteiger partial charge in [0.25, 0.3) is 5.91 Å². The zero-order valence-corrected chi connectivity index (χ0v) is 14.2. The van der Waals surface area contributed by atoms with E-state index in [0.29, 0.717) is 17.1 Å². The Hall–Kier alpha value is -3.09. The molecule has 2 aromatic rings. The third kappa shape index (κ3) is 4.50. The Morgan fingerprint density at radius 3 is 2.58 bits per heavy atom. The molecule has 136 valence electrons. The Balaban J connectivity index is 1.46. The van der Waals surface area contributed by atoms with Crippen LogP contribution in [0.4, 0.5) is 4.39 Å². The van der Waals surface area contributed by atoms with Crippen LogP contribution in [-0.2, 0) is 27.3 Å². The zero-order valence-electron chi connectivity index (χ0n) is 14.2. The molecule has 0 saturated carbocycles. The number of carbonyl (C=O) groups is 2. The molecular weight excluding hydrogens is 341 g/mol. The molecule has 1 aliphatic heterocycles. The fraction of sp³-hybridized carbons (Fsp3) is 0.263. The summed E-state index contributed by atoms with van der Waals surface area (Å²) >= 11 is 0. The molecule has 0 radical (unpaired) electrons. The Kier molecular flexibility index (Phi) is 5.36. The third-order valence-corrected chi connectivity index (χ3v) is 3.84. The average molecular weight is 359 g/mol. The first-order valence-electron chi connectivity index (χ1n) is 8.11. The van der Waals surface area contributed by atoms with E-state index in [9.17, 15) is 14.0 Å². The Labute approximate surface area is 149 Å². The van der Waals surface area contributed by atoms with Gasteiger partial charge >= 0.3 is 5.97 Å². The lowest BCUT2D eigenvalue weighted by Gasteiger charge is -2.14. The summed E-state index contributed by atoms with van der Waals surface area (Å²) in [5.41, 5.74) is 1.46. The first kappa shape index (κ1) is 17.7. The lowest BCUT2D eigenvalue weighted by molar-refractivity contribution is -0.154. The van der Waals surface area contributed by atoms with Crippen molar-refractivity contribution in [2.45, 2.75) is 26.0 Å². The molecule has 26 heavy (non-hydrogen) atoms. The molecule has 0 spiro atoms. The van der Waals surface area contributed by atoms with Gasteiger partial charge in [-0.15, -0.1) is 0 Å². The lowest BCUT2D eigenvalue weighted by Crippen LogP contribution is -2.35. The fourth-order valence-electron chi connectivity index (χ4n) is 2.45. The topological polar surface area (TPSA) is 73.9 Å². The van der Waals surface area contributed by atoms with Crippen LogP contribution in [-0.4, -0.2) is 24.8 Å². The number of nitrogens with one attached hydrogen (secondary N) is 1. The van der Waals surface area contributed by atoms with Crippen molar-refractivity contribution in [2.75, 3.05) is 6.79 Å². The van der Waals surface area contributed by atoms with Gasteiger partial charge in [-0.2, -0.15) is 0 Å². The molecule has 7 heteroatoms.